The van der Waals surface area contributed by atoms with Crippen LogP contribution in [0.5, 0.6) is 5.88 Å². The van der Waals surface area contributed by atoms with Gasteiger partial charge in [0.1, 0.15) is 17.7 Å². The number of nitriles is 1. The second kappa shape index (κ2) is 5.04. The lowest BCUT2D eigenvalue weighted by Crippen LogP contribution is -2.22. The third-order valence-corrected chi connectivity index (χ3v) is 3.39. The van der Waals surface area contributed by atoms with Crippen molar-refractivity contribution in [1.29, 1.82) is 5.26 Å². The highest BCUT2D eigenvalue weighted by atomic mass is 32.2. The maximum absolute atomic E-state index is 8.87. The third kappa shape index (κ3) is 2.63. The van der Waals surface area contributed by atoms with Crippen LogP contribution in [-0.2, 0) is 0 Å². The molecule has 0 unspecified atom stereocenters. The first kappa shape index (κ1) is 10.3. The van der Waals surface area contributed by atoms with Gasteiger partial charge < -0.3 is 4.74 Å². The molecule has 4 heteroatoms. The lowest BCUT2D eigenvalue weighted by Gasteiger charge is -2.22. The second-order valence-corrected chi connectivity index (χ2v) is 4.62. The summed E-state index contributed by atoms with van der Waals surface area (Å²) in [7, 11) is 0. The Kier molecular flexibility index (Phi) is 3.46. The van der Waals surface area contributed by atoms with Crippen LogP contribution in [0, 0.1) is 11.3 Å². The molecule has 2 rings (SSSR count). The molecule has 0 aliphatic carbocycles. The third-order valence-electron chi connectivity index (χ3n) is 2.34. The minimum Gasteiger partial charge on any atom is -0.473 e. The molecule has 0 saturated carbocycles. The van der Waals surface area contributed by atoms with Crippen molar-refractivity contribution in [1.82, 2.24) is 4.98 Å². The number of pyridine rings is 1. The van der Waals surface area contributed by atoms with Gasteiger partial charge in [-0.05, 0) is 36.5 Å². The van der Waals surface area contributed by atoms with Gasteiger partial charge in [0.25, 0.3) is 0 Å². The molecule has 0 bridgehead atoms. The summed E-state index contributed by atoms with van der Waals surface area (Å²) < 4.78 is 5.73. The molecule has 0 atom stereocenters. The summed E-state index contributed by atoms with van der Waals surface area (Å²) >= 11 is 1.95. The molecule has 1 fully saturated rings. The van der Waals surface area contributed by atoms with E-state index in [1.54, 1.807) is 18.3 Å². The normalized spacial score (nSPS) is 17.0. The van der Waals surface area contributed by atoms with Gasteiger partial charge in [-0.3, -0.25) is 0 Å². The molecule has 1 aliphatic heterocycles. The Morgan fingerprint density at radius 3 is 3.00 bits per heavy atom. The molecule has 0 amide bonds. The van der Waals surface area contributed by atoms with Gasteiger partial charge in [0.05, 0.1) is 0 Å². The van der Waals surface area contributed by atoms with Crippen molar-refractivity contribution in [2.24, 2.45) is 0 Å². The van der Waals surface area contributed by atoms with E-state index in [1.165, 1.54) is 0 Å². The van der Waals surface area contributed by atoms with Gasteiger partial charge in [0.15, 0.2) is 0 Å². The Morgan fingerprint density at radius 1 is 1.47 bits per heavy atom. The minimum atomic E-state index is 0.230. The Morgan fingerprint density at radius 2 is 2.27 bits per heavy atom. The van der Waals surface area contributed by atoms with Crippen molar-refractivity contribution in [2.75, 3.05) is 11.5 Å². The van der Waals surface area contributed by atoms with Crippen LogP contribution in [0.25, 0.3) is 0 Å². The standard InChI is InChI=1S/C11H12N2OS/c12-8-9-2-1-5-13-11(9)14-10-3-6-15-7-4-10/h1-2,5,10H,3-4,6-7H2. The van der Waals surface area contributed by atoms with Crippen molar-refractivity contribution >= 4 is 11.8 Å². The molecule has 1 saturated heterocycles. The molecule has 0 aromatic carbocycles. The van der Waals surface area contributed by atoms with Gasteiger partial charge >= 0.3 is 0 Å². The zero-order chi connectivity index (χ0) is 10.5. The van der Waals surface area contributed by atoms with Crippen LogP contribution in [0.3, 0.4) is 0 Å². The minimum absolute atomic E-state index is 0.230. The monoisotopic (exact) mass is 220 g/mol. The zero-order valence-electron chi connectivity index (χ0n) is 8.35. The molecule has 78 valence electrons. The number of aromatic nitrogens is 1. The van der Waals surface area contributed by atoms with Gasteiger partial charge in [0, 0.05) is 6.20 Å². The van der Waals surface area contributed by atoms with Gasteiger partial charge in [-0.1, -0.05) is 0 Å². The first-order chi connectivity index (χ1) is 7.40. The molecule has 1 aliphatic rings. The van der Waals surface area contributed by atoms with Crippen molar-refractivity contribution in [3.05, 3.63) is 23.9 Å². The van der Waals surface area contributed by atoms with Crippen molar-refractivity contribution in [3.8, 4) is 11.9 Å². The summed E-state index contributed by atoms with van der Waals surface area (Å²) in [5.74, 6) is 2.76. The average Bonchev–Trinajstić information content (AvgIpc) is 2.31. The molecule has 3 nitrogen and oxygen atoms in total. The highest BCUT2D eigenvalue weighted by Gasteiger charge is 2.17. The molecule has 0 spiro atoms. The van der Waals surface area contributed by atoms with E-state index >= 15 is 0 Å². The predicted molar refractivity (Wildman–Crippen MR) is 59.9 cm³/mol. The van der Waals surface area contributed by atoms with E-state index in [4.69, 9.17) is 10.00 Å². The van der Waals surface area contributed by atoms with Crippen molar-refractivity contribution in [2.45, 2.75) is 18.9 Å². The van der Waals surface area contributed by atoms with Crippen LogP contribution >= 0.6 is 11.8 Å². The molecule has 15 heavy (non-hydrogen) atoms. The number of hydrogen-bond donors (Lipinski definition) is 0. The van der Waals surface area contributed by atoms with E-state index in [-0.39, 0.29) is 6.10 Å². The average molecular weight is 220 g/mol. The molecule has 1 aromatic rings. The maximum atomic E-state index is 8.87. The van der Waals surface area contributed by atoms with E-state index in [2.05, 4.69) is 11.1 Å². The number of hydrogen-bond acceptors (Lipinski definition) is 4. The maximum Gasteiger partial charge on any atom is 0.231 e. The van der Waals surface area contributed by atoms with Crippen LogP contribution in [0.15, 0.2) is 18.3 Å². The Bertz CT molecular complexity index is 369. The molecular weight excluding hydrogens is 208 g/mol. The van der Waals surface area contributed by atoms with E-state index < -0.39 is 0 Å². The zero-order valence-corrected chi connectivity index (χ0v) is 9.17. The number of thioether (sulfide) groups is 1. The lowest BCUT2D eigenvalue weighted by molar-refractivity contribution is 0.184. The predicted octanol–water partition coefficient (Wildman–Crippen LogP) is 2.23. The van der Waals surface area contributed by atoms with Gasteiger partial charge in [-0.2, -0.15) is 17.0 Å². The summed E-state index contributed by atoms with van der Waals surface area (Å²) in [5.41, 5.74) is 0.524. The first-order valence-electron chi connectivity index (χ1n) is 4.99. The molecule has 0 N–H and O–H groups in total. The van der Waals surface area contributed by atoms with Crippen LogP contribution < -0.4 is 4.74 Å². The topological polar surface area (TPSA) is 45.9 Å². The van der Waals surface area contributed by atoms with E-state index in [9.17, 15) is 0 Å². The number of nitrogens with zero attached hydrogens (tertiary/aromatic N) is 2. The Hall–Kier alpha value is -1.21. The van der Waals surface area contributed by atoms with E-state index in [0.29, 0.717) is 11.4 Å². The van der Waals surface area contributed by atoms with Crippen LogP contribution in [0.2, 0.25) is 0 Å². The SMILES string of the molecule is N#Cc1cccnc1OC1CCSCC1. The quantitative estimate of drug-likeness (QED) is 0.766. The fourth-order valence-electron chi connectivity index (χ4n) is 1.52. The van der Waals surface area contributed by atoms with E-state index in [0.717, 1.165) is 24.3 Å². The highest BCUT2D eigenvalue weighted by Crippen LogP contribution is 2.23. The largest absolute Gasteiger partial charge is 0.473 e. The van der Waals surface area contributed by atoms with Crippen LogP contribution in [0.4, 0.5) is 0 Å². The molecule has 1 aromatic heterocycles. The summed E-state index contributed by atoms with van der Waals surface area (Å²) in [6.07, 6.45) is 3.99. The van der Waals surface area contributed by atoms with Crippen molar-refractivity contribution in [3.63, 3.8) is 0 Å². The summed E-state index contributed by atoms with van der Waals surface area (Å²) in [4.78, 5) is 4.09. The smallest absolute Gasteiger partial charge is 0.231 e. The fourth-order valence-corrected chi connectivity index (χ4v) is 2.58. The fraction of sp³-hybridized carbons (Fsp3) is 0.455. The second-order valence-electron chi connectivity index (χ2n) is 3.40. The summed E-state index contributed by atoms with van der Waals surface area (Å²) in [5, 5.41) is 8.87. The Labute approximate surface area is 93.5 Å². The summed E-state index contributed by atoms with van der Waals surface area (Å²) in [6, 6.07) is 5.58. The van der Waals surface area contributed by atoms with Crippen molar-refractivity contribution < 1.29 is 4.74 Å². The summed E-state index contributed by atoms with van der Waals surface area (Å²) in [6.45, 7) is 0. The van der Waals surface area contributed by atoms with Gasteiger partial charge in [0.2, 0.25) is 5.88 Å². The van der Waals surface area contributed by atoms with Crippen LogP contribution in [-0.4, -0.2) is 22.6 Å². The highest BCUT2D eigenvalue weighted by molar-refractivity contribution is 7.99. The molecular formula is C11H12N2OS. The number of rotatable bonds is 2. The van der Waals surface area contributed by atoms with Crippen LogP contribution in [0.1, 0.15) is 18.4 Å². The van der Waals surface area contributed by atoms with Gasteiger partial charge in [-0.25, -0.2) is 4.98 Å². The number of ether oxygens (including phenoxy) is 1. The lowest BCUT2D eigenvalue weighted by atomic mass is 10.2. The van der Waals surface area contributed by atoms with Gasteiger partial charge in [-0.15, -0.1) is 0 Å². The first-order valence-corrected chi connectivity index (χ1v) is 6.15. The molecule has 2 heterocycles. The van der Waals surface area contributed by atoms with E-state index in [1.807, 2.05) is 11.8 Å². The molecule has 0 radical (unpaired) electrons. The Balaban J connectivity index is 2.06.